The number of hydrogen-bond acceptors (Lipinski definition) is 2. The van der Waals surface area contributed by atoms with Crippen LogP contribution in [0.15, 0.2) is 67.0 Å². The highest BCUT2D eigenvalue weighted by atomic mass is 14.6. The maximum atomic E-state index is 4.46. The topological polar surface area (TPSA) is 25.8 Å². The summed E-state index contributed by atoms with van der Waals surface area (Å²) in [4.78, 5) is 8.83. The van der Waals surface area contributed by atoms with Crippen LogP contribution in [0.2, 0.25) is 0 Å². The Balaban J connectivity index is 1.72. The van der Waals surface area contributed by atoms with Crippen molar-refractivity contribution in [1.29, 1.82) is 0 Å². The summed E-state index contributed by atoms with van der Waals surface area (Å²) in [6, 6.07) is 19.3. The van der Waals surface area contributed by atoms with Gasteiger partial charge < -0.3 is 0 Å². The van der Waals surface area contributed by atoms with Gasteiger partial charge in [0, 0.05) is 23.2 Å². The zero-order chi connectivity index (χ0) is 14.9. The molecule has 106 valence electrons. The number of aryl methyl sites for hydroxylation is 1. The fraction of sp³-hybridized carbons (Fsp3) is 0.100. The Kier molecular flexibility index (Phi) is 3.08. The van der Waals surface area contributed by atoms with Gasteiger partial charge in [-0.05, 0) is 66.4 Å². The van der Waals surface area contributed by atoms with Gasteiger partial charge in [-0.15, -0.1) is 0 Å². The molecule has 0 aliphatic carbocycles. The molecule has 0 spiro atoms. The van der Waals surface area contributed by atoms with E-state index in [1.54, 1.807) is 0 Å². The van der Waals surface area contributed by atoms with Crippen molar-refractivity contribution >= 4 is 21.8 Å². The Morgan fingerprint density at radius 2 is 1.50 bits per heavy atom. The Bertz CT molecular complexity index is 973. The van der Waals surface area contributed by atoms with Crippen LogP contribution in [0.4, 0.5) is 0 Å². The Hall–Kier alpha value is -2.74. The summed E-state index contributed by atoms with van der Waals surface area (Å²) in [6.45, 7) is 2.08. The number of aromatic nitrogens is 2. The van der Waals surface area contributed by atoms with Crippen molar-refractivity contribution in [1.82, 2.24) is 9.97 Å². The molecule has 22 heavy (non-hydrogen) atoms. The Morgan fingerprint density at radius 3 is 2.32 bits per heavy atom. The standard InChI is InChI=1S/C20H16N2/c1-14-9-18-12-16(5-7-20(18)22-13-14)10-15-4-6-19-17(11-15)3-2-8-21-19/h2-9,11-13H,10H2,1H3. The van der Waals surface area contributed by atoms with Gasteiger partial charge >= 0.3 is 0 Å². The van der Waals surface area contributed by atoms with Crippen molar-refractivity contribution in [2.45, 2.75) is 13.3 Å². The molecule has 0 N–H and O–H groups in total. The summed E-state index contributed by atoms with van der Waals surface area (Å²) in [5.41, 5.74) is 5.91. The smallest absolute Gasteiger partial charge is 0.0702 e. The van der Waals surface area contributed by atoms with Gasteiger partial charge in [-0.2, -0.15) is 0 Å². The third-order valence-corrected chi connectivity index (χ3v) is 3.96. The maximum Gasteiger partial charge on any atom is 0.0702 e. The monoisotopic (exact) mass is 284 g/mol. The minimum atomic E-state index is 0.925. The third-order valence-electron chi connectivity index (χ3n) is 3.96. The molecular weight excluding hydrogens is 268 g/mol. The molecule has 0 unspecified atom stereocenters. The molecule has 2 nitrogen and oxygen atoms in total. The van der Waals surface area contributed by atoms with Crippen LogP contribution < -0.4 is 0 Å². The fourth-order valence-electron chi connectivity index (χ4n) is 2.87. The second-order valence-corrected chi connectivity index (χ2v) is 5.75. The zero-order valence-corrected chi connectivity index (χ0v) is 12.5. The van der Waals surface area contributed by atoms with Gasteiger partial charge in [0.15, 0.2) is 0 Å². The summed E-state index contributed by atoms with van der Waals surface area (Å²) in [5, 5.41) is 2.40. The summed E-state index contributed by atoms with van der Waals surface area (Å²) in [6.07, 6.45) is 4.67. The molecule has 0 aliphatic rings. The van der Waals surface area contributed by atoms with E-state index >= 15 is 0 Å². The molecule has 0 fully saturated rings. The molecular formula is C20H16N2. The van der Waals surface area contributed by atoms with E-state index in [1.165, 1.54) is 27.5 Å². The first-order valence-electron chi connectivity index (χ1n) is 7.47. The average molecular weight is 284 g/mol. The Labute approximate surface area is 129 Å². The van der Waals surface area contributed by atoms with Crippen LogP contribution >= 0.6 is 0 Å². The number of fused-ring (bicyclic) bond motifs is 2. The van der Waals surface area contributed by atoms with Crippen molar-refractivity contribution in [3.63, 3.8) is 0 Å². The van der Waals surface area contributed by atoms with E-state index in [0.29, 0.717) is 0 Å². The van der Waals surface area contributed by atoms with Crippen LogP contribution in [0.25, 0.3) is 21.8 Å². The van der Waals surface area contributed by atoms with Gasteiger partial charge in [-0.25, -0.2) is 0 Å². The van der Waals surface area contributed by atoms with E-state index in [0.717, 1.165) is 17.5 Å². The quantitative estimate of drug-likeness (QED) is 0.534. The van der Waals surface area contributed by atoms with Gasteiger partial charge in [0.2, 0.25) is 0 Å². The molecule has 2 heteroatoms. The molecule has 0 atom stereocenters. The van der Waals surface area contributed by atoms with Gasteiger partial charge in [-0.1, -0.05) is 18.2 Å². The minimum Gasteiger partial charge on any atom is -0.256 e. The van der Waals surface area contributed by atoms with Crippen LogP contribution in [0, 0.1) is 6.92 Å². The first kappa shape index (κ1) is 13.0. The lowest BCUT2D eigenvalue weighted by Crippen LogP contribution is -1.90. The minimum absolute atomic E-state index is 0.925. The maximum absolute atomic E-state index is 4.46. The zero-order valence-electron chi connectivity index (χ0n) is 12.5. The SMILES string of the molecule is Cc1cnc2ccc(Cc3ccc4ncccc4c3)cc2c1. The van der Waals surface area contributed by atoms with Crippen molar-refractivity contribution in [3.8, 4) is 0 Å². The van der Waals surface area contributed by atoms with Crippen LogP contribution in [-0.4, -0.2) is 9.97 Å². The normalized spacial score (nSPS) is 11.1. The van der Waals surface area contributed by atoms with Crippen molar-refractivity contribution in [2.75, 3.05) is 0 Å². The molecule has 2 heterocycles. The van der Waals surface area contributed by atoms with E-state index < -0.39 is 0 Å². The van der Waals surface area contributed by atoms with Gasteiger partial charge in [0.05, 0.1) is 11.0 Å². The first-order chi connectivity index (χ1) is 10.8. The van der Waals surface area contributed by atoms with Crippen LogP contribution in [0.1, 0.15) is 16.7 Å². The summed E-state index contributed by atoms with van der Waals surface area (Å²) in [7, 11) is 0. The highest BCUT2D eigenvalue weighted by Crippen LogP contribution is 2.20. The van der Waals surface area contributed by atoms with Crippen molar-refractivity contribution in [3.05, 3.63) is 83.7 Å². The largest absolute Gasteiger partial charge is 0.256 e. The predicted octanol–water partition coefficient (Wildman–Crippen LogP) is 4.68. The number of benzene rings is 2. The third kappa shape index (κ3) is 2.44. The second kappa shape index (κ2) is 5.23. The molecule has 2 aromatic heterocycles. The number of pyridine rings is 2. The highest BCUT2D eigenvalue weighted by molar-refractivity contribution is 5.80. The van der Waals surface area contributed by atoms with Crippen molar-refractivity contribution < 1.29 is 0 Å². The average Bonchev–Trinajstić information content (AvgIpc) is 2.54. The molecule has 0 amide bonds. The number of nitrogens with zero attached hydrogens (tertiary/aromatic N) is 2. The molecule has 4 rings (SSSR count). The van der Waals surface area contributed by atoms with Crippen LogP contribution in [0.3, 0.4) is 0 Å². The second-order valence-electron chi connectivity index (χ2n) is 5.75. The summed E-state index contributed by atoms with van der Waals surface area (Å²) >= 11 is 0. The van der Waals surface area contributed by atoms with E-state index in [4.69, 9.17) is 0 Å². The summed E-state index contributed by atoms with van der Waals surface area (Å²) in [5.74, 6) is 0. The van der Waals surface area contributed by atoms with Crippen molar-refractivity contribution in [2.24, 2.45) is 0 Å². The molecule has 0 saturated heterocycles. The first-order valence-corrected chi connectivity index (χ1v) is 7.47. The number of hydrogen-bond donors (Lipinski definition) is 0. The lowest BCUT2D eigenvalue weighted by molar-refractivity contribution is 1.20. The molecule has 4 aromatic rings. The Morgan fingerprint density at radius 1 is 0.773 bits per heavy atom. The predicted molar refractivity (Wildman–Crippen MR) is 91.0 cm³/mol. The lowest BCUT2D eigenvalue weighted by Gasteiger charge is -2.06. The van der Waals surface area contributed by atoms with E-state index in [2.05, 4.69) is 65.4 Å². The van der Waals surface area contributed by atoms with Gasteiger partial charge in [0.1, 0.15) is 0 Å². The number of rotatable bonds is 2. The van der Waals surface area contributed by atoms with Gasteiger partial charge in [-0.3, -0.25) is 9.97 Å². The fourth-order valence-corrected chi connectivity index (χ4v) is 2.87. The molecule has 2 aromatic carbocycles. The molecule has 0 aliphatic heterocycles. The van der Waals surface area contributed by atoms with E-state index in [9.17, 15) is 0 Å². The van der Waals surface area contributed by atoms with E-state index in [-0.39, 0.29) is 0 Å². The van der Waals surface area contributed by atoms with Crippen LogP contribution in [-0.2, 0) is 6.42 Å². The van der Waals surface area contributed by atoms with E-state index in [1.807, 2.05) is 18.5 Å². The van der Waals surface area contributed by atoms with Gasteiger partial charge in [0.25, 0.3) is 0 Å². The molecule has 0 saturated carbocycles. The molecule has 0 bridgehead atoms. The van der Waals surface area contributed by atoms with Crippen LogP contribution in [0.5, 0.6) is 0 Å². The highest BCUT2D eigenvalue weighted by Gasteiger charge is 2.02. The summed E-state index contributed by atoms with van der Waals surface area (Å²) < 4.78 is 0. The lowest BCUT2D eigenvalue weighted by atomic mass is 10.0. The molecule has 0 radical (unpaired) electrons.